The fourth-order valence-electron chi connectivity index (χ4n) is 5.96. The predicted molar refractivity (Wildman–Crippen MR) is 90.5 cm³/mol. The third-order valence-corrected chi connectivity index (χ3v) is 7.08. The Morgan fingerprint density at radius 1 is 1.35 bits per heavy atom. The minimum Gasteiger partial charge on any atom is -0.497 e. The topological polar surface area (TPSA) is 52.3 Å². The normalized spacial score (nSPS) is 38.7. The van der Waals surface area contributed by atoms with E-state index in [4.69, 9.17) is 10.5 Å². The number of hydrogen-bond donors (Lipinski definition) is 1. The van der Waals surface area contributed by atoms with Gasteiger partial charge in [0.05, 0.1) is 7.11 Å². The van der Waals surface area contributed by atoms with Gasteiger partial charge in [0.1, 0.15) is 11.5 Å². The number of benzene rings is 1. The number of carbonyl (C=O) groups excluding carboxylic acids is 1. The van der Waals surface area contributed by atoms with E-state index >= 15 is 0 Å². The maximum Gasteiger partial charge on any atom is 0.139 e. The van der Waals surface area contributed by atoms with E-state index in [1.165, 1.54) is 17.5 Å². The highest BCUT2D eigenvalue weighted by atomic mass is 16.5. The van der Waals surface area contributed by atoms with Crippen LogP contribution in [0.5, 0.6) is 5.75 Å². The van der Waals surface area contributed by atoms with E-state index in [0.29, 0.717) is 42.4 Å². The van der Waals surface area contributed by atoms with Crippen LogP contribution in [0.3, 0.4) is 0 Å². The minimum atomic E-state index is -0.116. The Bertz CT molecular complexity index is 641. The molecule has 3 heteroatoms. The Morgan fingerprint density at radius 3 is 2.91 bits per heavy atom. The quantitative estimate of drug-likeness (QED) is 0.911. The number of Topliss-reactive ketones (excluding diaryl/α,β-unsaturated/α-hetero) is 1. The molecule has 3 aliphatic carbocycles. The smallest absolute Gasteiger partial charge is 0.139 e. The molecule has 1 aromatic rings. The molecule has 0 bridgehead atoms. The van der Waals surface area contributed by atoms with Crippen LogP contribution in [0.15, 0.2) is 18.2 Å². The van der Waals surface area contributed by atoms with Gasteiger partial charge in [-0.15, -0.1) is 0 Å². The zero-order chi connectivity index (χ0) is 16.2. The summed E-state index contributed by atoms with van der Waals surface area (Å²) in [5, 5.41) is 0. The van der Waals surface area contributed by atoms with Crippen molar-refractivity contribution in [1.82, 2.24) is 0 Å². The Balaban J connectivity index is 1.72. The lowest BCUT2D eigenvalue weighted by atomic mass is 9.54. The van der Waals surface area contributed by atoms with E-state index in [2.05, 4.69) is 25.1 Å². The van der Waals surface area contributed by atoms with E-state index in [9.17, 15) is 4.79 Å². The second kappa shape index (κ2) is 5.34. The summed E-state index contributed by atoms with van der Waals surface area (Å²) < 4.78 is 5.39. The summed E-state index contributed by atoms with van der Waals surface area (Å²) >= 11 is 0. The van der Waals surface area contributed by atoms with Crippen molar-refractivity contribution in [2.75, 3.05) is 13.7 Å². The number of rotatable bonds is 2. The first-order valence-electron chi connectivity index (χ1n) is 8.98. The molecule has 2 fully saturated rings. The van der Waals surface area contributed by atoms with Crippen LogP contribution in [0.4, 0.5) is 0 Å². The van der Waals surface area contributed by atoms with E-state index < -0.39 is 0 Å². The van der Waals surface area contributed by atoms with Gasteiger partial charge in [0.25, 0.3) is 0 Å². The maximum absolute atomic E-state index is 12.6. The summed E-state index contributed by atoms with van der Waals surface area (Å²) in [5.74, 6) is 3.52. The largest absolute Gasteiger partial charge is 0.497 e. The molecule has 0 aliphatic heterocycles. The highest BCUT2D eigenvalue weighted by Crippen LogP contribution is 2.61. The lowest BCUT2D eigenvalue weighted by molar-refractivity contribution is -0.129. The van der Waals surface area contributed by atoms with Gasteiger partial charge in [0, 0.05) is 11.8 Å². The number of carbonyl (C=O) groups is 1. The molecule has 23 heavy (non-hydrogen) atoms. The predicted octanol–water partition coefficient (Wildman–Crippen LogP) is 3.31. The van der Waals surface area contributed by atoms with E-state index in [1.807, 2.05) is 0 Å². The van der Waals surface area contributed by atoms with Crippen molar-refractivity contribution in [2.45, 2.75) is 44.9 Å². The van der Waals surface area contributed by atoms with Gasteiger partial charge in [0.2, 0.25) is 0 Å². The highest BCUT2D eigenvalue weighted by Gasteiger charge is 2.58. The van der Waals surface area contributed by atoms with Gasteiger partial charge in [-0.1, -0.05) is 13.0 Å². The molecule has 0 heterocycles. The van der Waals surface area contributed by atoms with Crippen LogP contribution in [0.2, 0.25) is 0 Å². The van der Waals surface area contributed by atoms with Crippen molar-refractivity contribution in [3.8, 4) is 5.75 Å². The lowest BCUT2D eigenvalue weighted by Crippen LogP contribution is -2.45. The summed E-state index contributed by atoms with van der Waals surface area (Å²) in [5.41, 5.74) is 8.88. The summed E-state index contributed by atoms with van der Waals surface area (Å²) in [7, 11) is 1.73. The lowest BCUT2D eigenvalue weighted by Gasteiger charge is -2.49. The van der Waals surface area contributed by atoms with Crippen molar-refractivity contribution in [2.24, 2.45) is 28.9 Å². The zero-order valence-corrected chi connectivity index (χ0v) is 14.2. The van der Waals surface area contributed by atoms with Crippen molar-refractivity contribution < 1.29 is 9.53 Å². The van der Waals surface area contributed by atoms with E-state index in [0.717, 1.165) is 25.0 Å². The highest BCUT2D eigenvalue weighted by molar-refractivity contribution is 5.87. The van der Waals surface area contributed by atoms with Gasteiger partial charge < -0.3 is 10.5 Å². The fourth-order valence-corrected chi connectivity index (χ4v) is 5.96. The Labute approximate surface area is 138 Å². The molecule has 124 valence electrons. The van der Waals surface area contributed by atoms with Gasteiger partial charge >= 0.3 is 0 Å². The summed E-state index contributed by atoms with van der Waals surface area (Å²) in [6.07, 6.45) is 5.16. The van der Waals surface area contributed by atoms with Crippen LogP contribution in [0, 0.1) is 23.2 Å². The molecule has 0 aromatic heterocycles. The third kappa shape index (κ3) is 2.09. The molecule has 0 saturated heterocycles. The Kier molecular flexibility index (Phi) is 3.53. The number of methoxy groups -OCH3 is 1. The molecule has 1 aromatic carbocycles. The number of nitrogens with two attached hydrogens (primary N) is 1. The molecule has 0 unspecified atom stereocenters. The first-order chi connectivity index (χ1) is 11.1. The van der Waals surface area contributed by atoms with Crippen LogP contribution in [0.1, 0.15) is 49.7 Å². The van der Waals surface area contributed by atoms with Crippen molar-refractivity contribution >= 4 is 5.78 Å². The number of ether oxygens (including phenoxy) is 1. The van der Waals surface area contributed by atoms with Crippen molar-refractivity contribution in [1.29, 1.82) is 0 Å². The molecule has 2 saturated carbocycles. The molecule has 2 N–H and O–H groups in total. The standard InChI is InChI=1S/C20H27NO2/c1-20-8-7-16-15-6-4-14(23-2)9-12(15)3-5-17(16)19(20)13(11-21)10-18(20)22/h4,6,9,13,16-17,19H,3,5,7-8,10-11,21H2,1-2H3/t13-,16-,17-,19+,20-/m1/s1. The molecular formula is C20H27NO2. The van der Waals surface area contributed by atoms with Crippen molar-refractivity contribution in [3.05, 3.63) is 29.3 Å². The molecule has 4 rings (SSSR count). The number of hydrogen-bond acceptors (Lipinski definition) is 3. The second-order valence-electron chi connectivity index (χ2n) is 7.98. The average molecular weight is 313 g/mol. The molecule has 0 spiro atoms. The summed E-state index contributed by atoms with van der Waals surface area (Å²) in [6.45, 7) is 2.88. The van der Waals surface area contributed by atoms with Gasteiger partial charge in [-0.3, -0.25) is 4.79 Å². The molecule has 5 atom stereocenters. The van der Waals surface area contributed by atoms with E-state index in [-0.39, 0.29) is 5.41 Å². The van der Waals surface area contributed by atoms with E-state index in [1.54, 1.807) is 7.11 Å². The summed E-state index contributed by atoms with van der Waals surface area (Å²) in [4.78, 5) is 12.6. The number of ketones is 1. The Morgan fingerprint density at radius 2 is 2.17 bits per heavy atom. The number of aryl methyl sites for hydroxylation is 1. The van der Waals surface area contributed by atoms with Crippen LogP contribution in [-0.2, 0) is 11.2 Å². The average Bonchev–Trinajstić information content (AvgIpc) is 2.85. The van der Waals surface area contributed by atoms with Gasteiger partial charge in [-0.2, -0.15) is 0 Å². The SMILES string of the molecule is COc1ccc2c(c1)CC[C@H]1[C@@H]3[C@@H](CN)CC(=O)[C@@]3(C)CC[C@H]21. The second-order valence-corrected chi connectivity index (χ2v) is 7.98. The molecule has 0 amide bonds. The molecule has 0 radical (unpaired) electrons. The van der Waals surface area contributed by atoms with Crippen molar-refractivity contribution in [3.63, 3.8) is 0 Å². The van der Waals surface area contributed by atoms with Crippen LogP contribution >= 0.6 is 0 Å². The number of fused-ring (bicyclic) bond motifs is 5. The van der Waals surface area contributed by atoms with Gasteiger partial charge in [-0.25, -0.2) is 0 Å². The molecule has 3 nitrogen and oxygen atoms in total. The van der Waals surface area contributed by atoms with Gasteiger partial charge in [-0.05, 0) is 79.2 Å². The third-order valence-electron chi connectivity index (χ3n) is 7.08. The van der Waals surface area contributed by atoms with Crippen LogP contribution in [0.25, 0.3) is 0 Å². The van der Waals surface area contributed by atoms with Gasteiger partial charge in [0.15, 0.2) is 0 Å². The maximum atomic E-state index is 12.6. The first-order valence-corrected chi connectivity index (χ1v) is 8.98. The Hall–Kier alpha value is -1.35. The molecular weight excluding hydrogens is 286 g/mol. The summed E-state index contributed by atoms with van der Waals surface area (Å²) in [6, 6.07) is 6.57. The molecule has 3 aliphatic rings. The van der Waals surface area contributed by atoms with Crippen LogP contribution in [-0.4, -0.2) is 19.4 Å². The van der Waals surface area contributed by atoms with Crippen LogP contribution < -0.4 is 10.5 Å². The monoisotopic (exact) mass is 313 g/mol. The first kappa shape index (κ1) is 15.2. The fraction of sp³-hybridized carbons (Fsp3) is 0.650. The minimum absolute atomic E-state index is 0.116. The zero-order valence-electron chi connectivity index (χ0n) is 14.2.